The van der Waals surface area contributed by atoms with E-state index in [9.17, 15) is 9.59 Å². The molecule has 3 heterocycles. The fourth-order valence-electron chi connectivity index (χ4n) is 2.61. The van der Waals surface area contributed by atoms with E-state index in [2.05, 4.69) is 20.1 Å². The molecule has 2 aromatic heterocycles. The van der Waals surface area contributed by atoms with Crippen LogP contribution in [0, 0.1) is 0 Å². The maximum Gasteiger partial charge on any atom is 0.345 e. The summed E-state index contributed by atoms with van der Waals surface area (Å²) in [5, 5.41) is 7.86. The minimum atomic E-state index is -0.286. The highest BCUT2D eigenvalue weighted by molar-refractivity contribution is 5.76. The van der Waals surface area contributed by atoms with E-state index in [0.717, 1.165) is 19.5 Å². The highest BCUT2D eigenvalue weighted by Gasteiger charge is 2.23. The third kappa shape index (κ3) is 3.53. The molecule has 10 heteroatoms. The van der Waals surface area contributed by atoms with Gasteiger partial charge < -0.3 is 9.42 Å². The van der Waals surface area contributed by atoms with Crippen molar-refractivity contribution in [2.75, 3.05) is 26.2 Å². The minimum absolute atomic E-state index is 0.0234. The van der Waals surface area contributed by atoms with Crippen molar-refractivity contribution in [2.45, 2.75) is 26.4 Å². The van der Waals surface area contributed by atoms with E-state index in [1.165, 1.54) is 15.6 Å². The summed E-state index contributed by atoms with van der Waals surface area (Å²) in [5.74, 6) is 1.22. The Labute approximate surface area is 138 Å². The van der Waals surface area contributed by atoms with Gasteiger partial charge in [0.1, 0.15) is 12.9 Å². The predicted molar refractivity (Wildman–Crippen MR) is 83.0 cm³/mol. The van der Waals surface area contributed by atoms with Gasteiger partial charge in [0.25, 0.3) is 0 Å². The minimum Gasteiger partial charge on any atom is -0.339 e. The molecule has 0 aliphatic carbocycles. The van der Waals surface area contributed by atoms with Gasteiger partial charge in [-0.3, -0.25) is 14.3 Å². The van der Waals surface area contributed by atoms with Crippen molar-refractivity contribution in [2.24, 2.45) is 7.05 Å². The number of carbonyl (C=O) groups excluding carboxylic acids is 1. The monoisotopic (exact) mass is 335 g/mol. The van der Waals surface area contributed by atoms with Crippen molar-refractivity contribution in [1.29, 1.82) is 0 Å². The van der Waals surface area contributed by atoms with Crippen LogP contribution in [0.15, 0.2) is 15.6 Å². The van der Waals surface area contributed by atoms with E-state index in [1.807, 2.05) is 6.92 Å². The van der Waals surface area contributed by atoms with E-state index in [-0.39, 0.29) is 18.1 Å². The van der Waals surface area contributed by atoms with Crippen molar-refractivity contribution >= 4 is 5.91 Å². The molecule has 10 nitrogen and oxygen atoms in total. The summed E-state index contributed by atoms with van der Waals surface area (Å²) in [7, 11) is 1.61. The predicted octanol–water partition coefficient (Wildman–Crippen LogP) is -1.13. The van der Waals surface area contributed by atoms with Gasteiger partial charge in [0.15, 0.2) is 5.82 Å². The fourth-order valence-corrected chi connectivity index (χ4v) is 2.61. The Bertz CT molecular complexity index is 755. The average molecular weight is 335 g/mol. The molecule has 130 valence electrons. The zero-order chi connectivity index (χ0) is 17.1. The lowest BCUT2D eigenvalue weighted by atomic mass is 10.3. The second-order valence-electron chi connectivity index (χ2n) is 5.80. The van der Waals surface area contributed by atoms with Crippen LogP contribution in [-0.2, 0) is 31.4 Å². The molecule has 0 N–H and O–H groups in total. The van der Waals surface area contributed by atoms with Gasteiger partial charge in [0, 0.05) is 39.6 Å². The molecule has 0 unspecified atom stereocenters. The van der Waals surface area contributed by atoms with Crippen LogP contribution >= 0.6 is 0 Å². The van der Waals surface area contributed by atoms with Crippen LogP contribution in [-0.4, -0.2) is 66.4 Å². The standard InChI is InChI=1S/C14H21N7O3/c1-3-12-16-11(17-24-12)8-19-4-6-20(7-5-19)13(22)9-21-14(23)18(2)10-15-21/h10H,3-9H2,1-2H3. The van der Waals surface area contributed by atoms with Crippen LogP contribution in [0.1, 0.15) is 18.6 Å². The third-order valence-electron chi connectivity index (χ3n) is 4.07. The first-order valence-electron chi connectivity index (χ1n) is 7.97. The summed E-state index contributed by atoms with van der Waals surface area (Å²) in [5.41, 5.74) is -0.286. The molecule has 3 rings (SSSR count). The number of piperazine rings is 1. The molecule has 0 spiro atoms. The molecular formula is C14H21N7O3. The number of carbonyl (C=O) groups is 1. The van der Waals surface area contributed by atoms with Gasteiger partial charge in [-0.25, -0.2) is 9.48 Å². The van der Waals surface area contributed by atoms with Gasteiger partial charge in [-0.1, -0.05) is 12.1 Å². The molecule has 2 aromatic rings. The number of amides is 1. The first-order valence-corrected chi connectivity index (χ1v) is 7.97. The van der Waals surface area contributed by atoms with E-state index >= 15 is 0 Å². The van der Waals surface area contributed by atoms with Crippen LogP contribution in [0.25, 0.3) is 0 Å². The smallest absolute Gasteiger partial charge is 0.339 e. The summed E-state index contributed by atoms with van der Waals surface area (Å²) in [6, 6.07) is 0. The SMILES string of the molecule is CCc1nc(CN2CCN(C(=O)Cn3ncn(C)c3=O)CC2)no1. The number of aryl methyl sites for hydroxylation is 2. The summed E-state index contributed by atoms with van der Waals surface area (Å²) < 4.78 is 7.63. The van der Waals surface area contributed by atoms with Crippen molar-refractivity contribution in [3.8, 4) is 0 Å². The molecule has 24 heavy (non-hydrogen) atoms. The number of hydrogen-bond acceptors (Lipinski definition) is 7. The zero-order valence-corrected chi connectivity index (χ0v) is 13.9. The summed E-state index contributed by atoms with van der Waals surface area (Å²) in [6.07, 6.45) is 2.13. The highest BCUT2D eigenvalue weighted by atomic mass is 16.5. The Hall–Kier alpha value is -2.49. The fraction of sp³-hybridized carbons (Fsp3) is 0.643. The van der Waals surface area contributed by atoms with Crippen molar-refractivity contribution < 1.29 is 9.32 Å². The molecule has 1 aliphatic rings. The number of hydrogen-bond donors (Lipinski definition) is 0. The molecular weight excluding hydrogens is 314 g/mol. The molecule has 0 bridgehead atoms. The average Bonchev–Trinajstić information content (AvgIpc) is 3.17. The summed E-state index contributed by atoms with van der Waals surface area (Å²) in [6.45, 7) is 5.25. The lowest BCUT2D eigenvalue weighted by Gasteiger charge is -2.33. The quantitative estimate of drug-likeness (QED) is 0.681. The van der Waals surface area contributed by atoms with E-state index in [1.54, 1.807) is 11.9 Å². The second-order valence-corrected chi connectivity index (χ2v) is 5.80. The van der Waals surface area contributed by atoms with Gasteiger partial charge in [-0.2, -0.15) is 10.1 Å². The summed E-state index contributed by atoms with van der Waals surface area (Å²) >= 11 is 0. The molecule has 1 fully saturated rings. The first-order chi connectivity index (χ1) is 11.6. The van der Waals surface area contributed by atoms with Crippen LogP contribution < -0.4 is 5.69 Å². The summed E-state index contributed by atoms with van der Waals surface area (Å²) in [4.78, 5) is 32.3. The van der Waals surface area contributed by atoms with Crippen molar-refractivity contribution in [3.63, 3.8) is 0 Å². The molecule has 0 radical (unpaired) electrons. The first kappa shape index (κ1) is 16.4. The van der Waals surface area contributed by atoms with Gasteiger partial charge in [0.2, 0.25) is 11.8 Å². The number of rotatable bonds is 5. The number of aromatic nitrogens is 5. The molecule has 1 aliphatic heterocycles. The normalized spacial score (nSPS) is 15.8. The lowest BCUT2D eigenvalue weighted by molar-refractivity contribution is -0.133. The Morgan fingerprint density at radius 2 is 2.04 bits per heavy atom. The zero-order valence-electron chi connectivity index (χ0n) is 13.9. The van der Waals surface area contributed by atoms with Crippen LogP contribution in [0.4, 0.5) is 0 Å². The van der Waals surface area contributed by atoms with Crippen LogP contribution in [0.2, 0.25) is 0 Å². The van der Waals surface area contributed by atoms with Gasteiger partial charge in [-0.15, -0.1) is 0 Å². The molecule has 1 amide bonds. The Morgan fingerprint density at radius 1 is 1.29 bits per heavy atom. The van der Waals surface area contributed by atoms with Crippen molar-refractivity contribution in [1.82, 2.24) is 34.3 Å². The van der Waals surface area contributed by atoms with Crippen LogP contribution in [0.5, 0.6) is 0 Å². The second kappa shape index (κ2) is 6.95. The lowest BCUT2D eigenvalue weighted by Crippen LogP contribution is -2.49. The molecule has 1 saturated heterocycles. The Kier molecular flexibility index (Phi) is 4.74. The van der Waals surface area contributed by atoms with E-state index in [0.29, 0.717) is 31.3 Å². The largest absolute Gasteiger partial charge is 0.345 e. The maximum atomic E-state index is 12.3. The maximum absolute atomic E-state index is 12.3. The Balaban J connectivity index is 1.50. The third-order valence-corrected chi connectivity index (χ3v) is 4.07. The van der Waals surface area contributed by atoms with Crippen LogP contribution in [0.3, 0.4) is 0 Å². The molecule has 0 saturated carbocycles. The Morgan fingerprint density at radius 3 is 2.62 bits per heavy atom. The number of nitrogens with zero attached hydrogens (tertiary/aromatic N) is 7. The van der Waals surface area contributed by atoms with E-state index < -0.39 is 0 Å². The molecule has 0 atom stereocenters. The van der Waals surface area contributed by atoms with E-state index in [4.69, 9.17) is 4.52 Å². The molecule has 0 aromatic carbocycles. The van der Waals surface area contributed by atoms with Gasteiger partial charge in [-0.05, 0) is 0 Å². The van der Waals surface area contributed by atoms with Gasteiger partial charge >= 0.3 is 5.69 Å². The van der Waals surface area contributed by atoms with Gasteiger partial charge in [0.05, 0.1) is 6.54 Å². The van der Waals surface area contributed by atoms with Crippen molar-refractivity contribution in [3.05, 3.63) is 28.5 Å². The topological polar surface area (TPSA) is 102 Å². The highest BCUT2D eigenvalue weighted by Crippen LogP contribution is 2.07.